The Morgan fingerprint density at radius 3 is 2.10 bits per heavy atom. The first kappa shape index (κ1) is 16.3. The lowest BCUT2D eigenvalue weighted by atomic mass is 10.3. The molecule has 0 aliphatic carbocycles. The van der Waals surface area contributed by atoms with Gasteiger partial charge in [0.2, 0.25) is 0 Å². The number of benzene rings is 1. The highest BCUT2D eigenvalue weighted by Gasteiger charge is 2.06. The Kier molecular flexibility index (Phi) is 8.02. The minimum absolute atomic E-state index is 0.687. The van der Waals surface area contributed by atoms with E-state index in [1.165, 1.54) is 0 Å². The van der Waals surface area contributed by atoms with Gasteiger partial charge in [0.05, 0.1) is 26.4 Å². The summed E-state index contributed by atoms with van der Waals surface area (Å²) in [6, 6.07) is 5.90. The van der Waals surface area contributed by atoms with Gasteiger partial charge in [-0.1, -0.05) is 15.9 Å². The van der Waals surface area contributed by atoms with E-state index in [0.717, 1.165) is 52.2 Å². The highest BCUT2D eigenvalue weighted by atomic mass is 79.9. The maximum Gasteiger partial charge on any atom is 0.162 e. The zero-order valence-electron chi connectivity index (χ0n) is 11.3. The van der Waals surface area contributed by atoms with Crippen LogP contribution in [-0.2, 0) is 4.74 Å². The fourth-order valence-electron chi connectivity index (χ4n) is 1.68. The van der Waals surface area contributed by atoms with Crippen molar-refractivity contribution in [3.63, 3.8) is 0 Å². The van der Waals surface area contributed by atoms with Crippen molar-refractivity contribution in [2.75, 3.05) is 49.4 Å². The Morgan fingerprint density at radius 2 is 1.40 bits per heavy atom. The highest BCUT2D eigenvalue weighted by molar-refractivity contribution is 9.10. The Bertz CT molecular complexity index is 404. The van der Waals surface area contributed by atoms with Crippen LogP contribution < -0.4 is 9.47 Å². The van der Waals surface area contributed by atoms with Gasteiger partial charge in [-0.05, 0) is 18.2 Å². The van der Waals surface area contributed by atoms with Crippen molar-refractivity contribution in [1.29, 1.82) is 0 Å². The van der Waals surface area contributed by atoms with Crippen LogP contribution in [0.4, 0.5) is 0 Å². The van der Waals surface area contributed by atoms with E-state index in [0.29, 0.717) is 13.2 Å². The zero-order chi connectivity index (χ0) is 14.0. The molecule has 0 unspecified atom stereocenters. The molecule has 6 heteroatoms. The summed E-state index contributed by atoms with van der Waals surface area (Å²) < 4.78 is 18.2. The van der Waals surface area contributed by atoms with Crippen molar-refractivity contribution < 1.29 is 14.2 Å². The third-order valence-corrected chi connectivity index (χ3v) is 4.93. The van der Waals surface area contributed by atoms with Gasteiger partial charge in [0, 0.05) is 27.5 Å². The largest absolute Gasteiger partial charge is 0.489 e. The first-order chi connectivity index (χ1) is 9.86. The van der Waals surface area contributed by atoms with Crippen LogP contribution in [0.1, 0.15) is 0 Å². The molecule has 1 aromatic carbocycles. The second kappa shape index (κ2) is 9.82. The van der Waals surface area contributed by atoms with E-state index in [1.807, 2.05) is 41.7 Å². The van der Waals surface area contributed by atoms with E-state index in [1.54, 1.807) is 0 Å². The molecular formula is C14H19BrO3S2. The molecule has 0 N–H and O–H groups in total. The van der Waals surface area contributed by atoms with Crippen LogP contribution in [0.15, 0.2) is 22.7 Å². The van der Waals surface area contributed by atoms with Crippen molar-refractivity contribution in [2.45, 2.75) is 0 Å². The van der Waals surface area contributed by atoms with E-state index in [4.69, 9.17) is 14.2 Å². The van der Waals surface area contributed by atoms with E-state index in [2.05, 4.69) is 15.9 Å². The third-order valence-electron chi connectivity index (χ3n) is 2.62. The van der Waals surface area contributed by atoms with Gasteiger partial charge in [0.25, 0.3) is 0 Å². The standard InChI is InChI=1S/C14H19BrO3S2/c15-12-1-2-13-14(11-12)18-6-10-20-8-4-16-3-7-19-9-5-17-13/h1-2,11H,3-10H2. The summed E-state index contributed by atoms with van der Waals surface area (Å²) in [7, 11) is 0. The number of rotatable bonds is 0. The third kappa shape index (κ3) is 6.16. The number of hydrogen-bond acceptors (Lipinski definition) is 5. The molecule has 1 aromatic rings. The van der Waals surface area contributed by atoms with Crippen molar-refractivity contribution in [2.24, 2.45) is 0 Å². The van der Waals surface area contributed by atoms with Crippen LogP contribution in [0.25, 0.3) is 0 Å². The van der Waals surface area contributed by atoms with E-state index >= 15 is 0 Å². The molecule has 112 valence electrons. The number of ether oxygens (including phenoxy) is 3. The van der Waals surface area contributed by atoms with Crippen molar-refractivity contribution in [3.8, 4) is 11.5 Å². The Balaban J connectivity index is 1.93. The van der Waals surface area contributed by atoms with Crippen molar-refractivity contribution >= 4 is 39.5 Å². The van der Waals surface area contributed by atoms with Crippen LogP contribution >= 0.6 is 39.5 Å². The molecule has 0 aromatic heterocycles. The maximum absolute atomic E-state index is 5.82. The van der Waals surface area contributed by atoms with Crippen molar-refractivity contribution in [3.05, 3.63) is 22.7 Å². The predicted octanol–water partition coefficient (Wildman–Crippen LogP) is 3.70. The lowest BCUT2D eigenvalue weighted by Gasteiger charge is -2.13. The summed E-state index contributed by atoms with van der Waals surface area (Å²) in [4.78, 5) is 0. The number of hydrogen-bond donors (Lipinski definition) is 0. The fraction of sp³-hybridized carbons (Fsp3) is 0.571. The van der Waals surface area contributed by atoms with Gasteiger partial charge >= 0.3 is 0 Å². The molecule has 0 bridgehead atoms. The molecule has 20 heavy (non-hydrogen) atoms. The SMILES string of the molecule is Brc1ccc2c(c1)OCCSCCOCCSCCO2. The normalized spacial score (nSPS) is 18.9. The molecule has 1 aliphatic rings. The van der Waals surface area contributed by atoms with Crippen molar-refractivity contribution in [1.82, 2.24) is 0 Å². The lowest BCUT2D eigenvalue weighted by molar-refractivity contribution is 0.167. The summed E-state index contributed by atoms with van der Waals surface area (Å²) in [5.74, 6) is 5.62. The number of fused-ring (bicyclic) bond motifs is 1. The van der Waals surface area contributed by atoms with Gasteiger partial charge in [-0.2, -0.15) is 23.5 Å². The highest BCUT2D eigenvalue weighted by Crippen LogP contribution is 2.30. The van der Waals surface area contributed by atoms with Gasteiger partial charge in [0.1, 0.15) is 0 Å². The van der Waals surface area contributed by atoms with E-state index < -0.39 is 0 Å². The first-order valence-electron chi connectivity index (χ1n) is 6.64. The smallest absolute Gasteiger partial charge is 0.162 e. The minimum atomic E-state index is 0.687. The Labute approximate surface area is 137 Å². The molecule has 2 rings (SSSR count). The van der Waals surface area contributed by atoms with E-state index in [-0.39, 0.29) is 0 Å². The quantitative estimate of drug-likeness (QED) is 0.685. The number of thioether (sulfide) groups is 2. The second-order valence-electron chi connectivity index (χ2n) is 4.13. The van der Waals surface area contributed by atoms with Gasteiger partial charge in [0.15, 0.2) is 11.5 Å². The molecule has 1 heterocycles. The summed E-state index contributed by atoms with van der Waals surface area (Å²) in [5.41, 5.74) is 0. The fourth-order valence-corrected chi connectivity index (χ4v) is 3.30. The van der Waals surface area contributed by atoms with Crippen LogP contribution in [-0.4, -0.2) is 49.4 Å². The Morgan fingerprint density at radius 1 is 0.800 bits per heavy atom. The van der Waals surface area contributed by atoms with Gasteiger partial charge < -0.3 is 14.2 Å². The van der Waals surface area contributed by atoms with Crippen LogP contribution in [0.5, 0.6) is 11.5 Å². The summed E-state index contributed by atoms with van der Waals surface area (Å²) in [6.45, 7) is 3.03. The molecule has 0 atom stereocenters. The average Bonchev–Trinajstić information content (AvgIpc) is 2.45. The zero-order valence-corrected chi connectivity index (χ0v) is 14.5. The average molecular weight is 379 g/mol. The lowest BCUT2D eigenvalue weighted by Crippen LogP contribution is -2.05. The number of halogens is 1. The first-order valence-corrected chi connectivity index (χ1v) is 9.75. The maximum atomic E-state index is 5.82. The van der Waals surface area contributed by atoms with Gasteiger partial charge in [-0.3, -0.25) is 0 Å². The predicted molar refractivity (Wildman–Crippen MR) is 90.6 cm³/mol. The molecule has 0 saturated carbocycles. The van der Waals surface area contributed by atoms with E-state index in [9.17, 15) is 0 Å². The summed E-state index contributed by atoms with van der Waals surface area (Å²) in [5, 5.41) is 0. The van der Waals surface area contributed by atoms with Crippen LogP contribution in [0.2, 0.25) is 0 Å². The summed E-state index contributed by atoms with van der Waals surface area (Å²) in [6.07, 6.45) is 0. The molecule has 3 nitrogen and oxygen atoms in total. The Hall–Kier alpha value is -0.0400. The van der Waals surface area contributed by atoms with Gasteiger partial charge in [-0.25, -0.2) is 0 Å². The molecule has 0 fully saturated rings. The monoisotopic (exact) mass is 378 g/mol. The minimum Gasteiger partial charge on any atom is -0.489 e. The topological polar surface area (TPSA) is 27.7 Å². The molecule has 0 amide bonds. The second-order valence-corrected chi connectivity index (χ2v) is 7.49. The van der Waals surface area contributed by atoms with Crippen LogP contribution in [0, 0.1) is 0 Å². The molecular weight excluding hydrogens is 360 g/mol. The molecule has 0 radical (unpaired) electrons. The van der Waals surface area contributed by atoms with Crippen LogP contribution in [0.3, 0.4) is 0 Å². The molecule has 0 saturated heterocycles. The van der Waals surface area contributed by atoms with Gasteiger partial charge in [-0.15, -0.1) is 0 Å². The molecule has 1 aliphatic heterocycles. The molecule has 0 spiro atoms. The summed E-state index contributed by atoms with van der Waals surface area (Å²) >= 11 is 7.18.